The molecule has 41 nitrogen and oxygen atoms in total. The lowest BCUT2D eigenvalue weighted by molar-refractivity contribution is -0.144. The molecule has 43 heteroatoms. The lowest BCUT2D eigenvalue weighted by Gasteiger charge is -2.37. The fourth-order valence-electron chi connectivity index (χ4n) is 15.8. The SMILES string of the molecule is CC(C)N.CC(C)NC(=O)[C@@H]1C[C@H](NC(=O)c2ccc(C(=O)N[C@H]3C[C@@H](C(=O)NC(C)C)N(C(=O)[C@@H](NC(=O)[C@H](C)N(C)C(=O)OC(C)(C)C)C(C)(C)C)C3)cc2)CN1C(=O)[C@@H](NC(=O)[C@H](C)N(C)C(=O)OC(C)(C)C)C(C)(C)C.CN[C@@H](C)C(=O)N[C@H](C(=O)N1C[C@@H](NC(=O)c2ccc(C(=O)N[C@H]3C[C@@H](C(=O)NC(C)C)N(C(=O)[C@@H](NC(=O)[C@H](C)NC)C(C)(C)C)C3)cc2)C[C@H]1C(=O)NC(C)C)C(C)(C)C.Cl.Cl. The van der Waals surface area contributed by atoms with Gasteiger partial charge in [0.15, 0.2) is 0 Å². The van der Waals surface area contributed by atoms with Crippen molar-refractivity contribution in [2.24, 2.45) is 27.4 Å². The molecule has 0 saturated carbocycles. The maximum Gasteiger partial charge on any atom is 0.410 e. The summed E-state index contributed by atoms with van der Waals surface area (Å²) < 4.78 is 10.9. The first kappa shape index (κ1) is 129. The van der Waals surface area contributed by atoms with E-state index < -0.39 is 213 Å². The molecule has 0 aliphatic carbocycles. The van der Waals surface area contributed by atoms with E-state index in [1.807, 2.05) is 83.1 Å². The zero-order valence-electron chi connectivity index (χ0n) is 91.6. The van der Waals surface area contributed by atoms with Crippen LogP contribution in [0, 0.1) is 21.7 Å². The topological polar surface area (TPSA) is 540 Å². The van der Waals surface area contributed by atoms with Crippen molar-refractivity contribution in [3.05, 3.63) is 70.8 Å². The molecular weight excluding hydrogens is 1900 g/mol. The minimum atomic E-state index is -1.14. The van der Waals surface area contributed by atoms with Crippen LogP contribution in [0.1, 0.15) is 289 Å². The molecule has 0 aromatic heterocycles. The summed E-state index contributed by atoms with van der Waals surface area (Å²) in [7, 11) is 6.12. The molecule has 4 aliphatic rings. The fraction of sp³-hybridized carbons (Fsp3) is 0.703. The van der Waals surface area contributed by atoms with Gasteiger partial charge in [-0.15, -0.1) is 24.8 Å². The zero-order chi connectivity index (χ0) is 109. The van der Waals surface area contributed by atoms with Crippen LogP contribution in [0.4, 0.5) is 9.59 Å². The maximum atomic E-state index is 14.5. The van der Waals surface area contributed by atoms with Crippen molar-refractivity contribution >= 4 is 132 Å². The third-order valence-electron chi connectivity index (χ3n) is 24.0. The first-order chi connectivity index (χ1) is 65.0. The number of nitrogens with zero attached hydrogens (tertiary/aromatic N) is 6. The minimum Gasteiger partial charge on any atom is -0.444 e. The molecule has 18 amide bonds. The number of carbonyl (C=O) groups excluding carboxylic acids is 18. The highest BCUT2D eigenvalue weighted by Crippen LogP contribution is 2.33. The number of carbonyl (C=O) groups is 18. The standard InChI is InChI=1S/C54H88N10O12.C44H72N10O8.C3H9N.2ClH/c1-29(2)55-45(69)37-25-35(27-63(37)47(71)39(51(7,8)9)59-41(65)31(5)61(19)49(73)75-53(13,14)15)57-43(67)33-21-23-34(24-22-33)44(68)58-36-26-38(46(70)56-30(3)4)64(28-36)48(72)40(52(10,11)12)60-42(66)32(6)62(20)50(74)76-54(16,17)18;1-23(2)47-39(59)31-19-29(21-53(31)41(61)33(43(7,8)9)51-35(55)25(5)45-13)49-37(57)27-15-17-28(18-16-27)38(58)50-30-20-32(40(60)48-24(3)4)54(22-30)42(62)34(44(10,11)12)52-36(56)26(6)46-14;1-3(2)4;;/h21-24,29-32,35-40H,25-28H2,1-20H3,(H,55,69)(H,56,70)(H,57,67)(H,58,68)(H,59,65)(H,60,66);15-18,23-26,29-34,45-46H,19-22H2,1-14H3,(H,47,59)(H,48,60)(H,49,57)(H,50,58)(H,51,55)(H,52,56);3H,4H2,1-2H3;2*1H/t31-,32-,35-,36-,37-,38-,39+,40+;25-,26-,29-,30-,31-,32-,33+,34+;;;/m00.../s1. The molecule has 2 aromatic rings. The molecule has 0 unspecified atom stereocenters. The summed E-state index contributed by atoms with van der Waals surface area (Å²) in [6, 6.07) is -2.61. The van der Waals surface area contributed by atoms with Crippen molar-refractivity contribution in [1.29, 1.82) is 0 Å². The lowest BCUT2D eigenvalue weighted by atomic mass is 9.85. The van der Waals surface area contributed by atoms with Gasteiger partial charge in [0, 0.05) is 111 Å². The third kappa shape index (κ3) is 38.7. The number of nitrogens with two attached hydrogens (primary N) is 1. The van der Waals surface area contributed by atoms with Crippen molar-refractivity contribution in [1.82, 2.24) is 104 Å². The van der Waals surface area contributed by atoms with E-state index in [0.717, 1.165) is 9.80 Å². The van der Waals surface area contributed by atoms with Crippen molar-refractivity contribution in [2.75, 3.05) is 54.4 Å². The van der Waals surface area contributed by atoms with Crippen LogP contribution in [0.3, 0.4) is 0 Å². The van der Waals surface area contributed by atoms with Gasteiger partial charge in [0.25, 0.3) is 23.6 Å². The van der Waals surface area contributed by atoms with Gasteiger partial charge in [-0.1, -0.05) is 96.9 Å². The fourth-order valence-corrected chi connectivity index (χ4v) is 15.8. The summed E-state index contributed by atoms with van der Waals surface area (Å²) in [4.78, 5) is 253. The highest BCUT2D eigenvalue weighted by atomic mass is 35.5. The van der Waals surface area contributed by atoms with Gasteiger partial charge in [-0.25, -0.2) is 9.59 Å². The second-order valence-corrected chi connectivity index (χ2v) is 45.5. The smallest absolute Gasteiger partial charge is 0.410 e. The largest absolute Gasteiger partial charge is 0.444 e. The number of rotatable bonds is 32. The van der Waals surface area contributed by atoms with Crippen molar-refractivity contribution in [3.63, 3.8) is 0 Å². The van der Waals surface area contributed by atoms with Gasteiger partial charge in [0.05, 0.1) is 12.1 Å². The van der Waals surface area contributed by atoms with E-state index in [0.29, 0.717) is 6.04 Å². The van der Waals surface area contributed by atoms with Gasteiger partial charge in [-0.2, -0.15) is 0 Å². The van der Waals surface area contributed by atoms with Crippen LogP contribution in [-0.4, -0.2) is 329 Å². The summed E-state index contributed by atoms with van der Waals surface area (Å²) in [6.07, 6.45) is -1.04. The van der Waals surface area contributed by atoms with Gasteiger partial charge in [0.2, 0.25) is 70.9 Å². The van der Waals surface area contributed by atoms with Gasteiger partial charge < -0.3 is 109 Å². The number of benzene rings is 2. The molecule has 6 rings (SSSR count). The van der Waals surface area contributed by atoms with Crippen LogP contribution in [0.15, 0.2) is 48.5 Å². The predicted octanol–water partition coefficient (Wildman–Crippen LogP) is 5.32. The highest BCUT2D eigenvalue weighted by molar-refractivity contribution is 6.03. The van der Waals surface area contributed by atoms with E-state index in [-0.39, 0.29) is 147 Å². The normalized spacial score (nSPS) is 19.7. The number of likely N-dealkylation sites (N-methyl/N-ethyl adjacent to an activating group) is 4. The Morgan fingerprint density at radius 2 is 0.486 bits per heavy atom. The van der Waals surface area contributed by atoms with E-state index >= 15 is 0 Å². The van der Waals surface area contributed by atoms with Crippen LogP contribution in [0.2, 0.25) is 0 Å². The van der Waals surface area contributed by atoms with Crippen LogP contribution < -0.4 is 80.2 Å². The number of nitrogens with one attached hydrogen (secondary N) is 14. The Hall–Kier alpha value is -11.0. The van der Waals surface area contributed by atoms with Crippen LogP contribution >= 0.6 is 24.8 Å². The number of hydrogen-bond donors (Lipinski definition) is 15. The van der Waals surface area contributed by atoms with E-state index in [1.165, 1.54) is 96.1 Å². The molecule has 4 heterocycles. The van der Waals surface area contributed by atoms with Crippen molar-refractivity contribution in [2.45, 2.75) is 385 Å². The number of halogens is 2. The summed E-state index contributed by atoms with van der Waals surface area (Å²) in [5.41, 5.74) is 1.20. The average molecular weight is 2070 g/mol. The number of amides is 18. The molecule has 16 N–H and O–H groups in total. The molecule has 2 aromatic carbocycles. The van der Waals surface area contributed by atoms with Gasteiger partial charge >= 0.3 is 12.2 Å². The summed E-state index contributed by atoms with van der Waals surface area (Å²) >= 11 is 0. The molecule has 0 radical (unpaired) electrons. The Morgan fingerprint density at radius 1 is 0.312 bits per heavy atom. The van der Waals surface area contributed by atoms with Crippen LogP contribution in [0.25, 0.3) is 0 Å². The quantitative estimate of drug-likeness (QED) is 0.0441. The number of likely N-dealkylation sites (tertiary alicyclic amines) is 4. The Balaban J connectivity index is 0.000000942. The Labute approximate surface area is 864 Å². The van der Waals surface area contributed by atoms with Crippen LogP contribution in [-0.2, 0) is 67.0 Å². The molecule has 0 bridgehead atoms. The van der Waals surface area contributed by atoms with E-state index in [1.54, 1.807) is 139 Å². The number of hydrogen-bond acceptors (Lipinski definition) is 23. The predicted molar refractivity (Wildman–Crippen MR) is 555 cm³/mol. The minimum absolute atomic E-state index is 0. The lowest BCUT2D eigenvalue weighted by Crippen LogP contribution is -2.60. The van der Waals surface area contributed by atoms with Gasteiger partial charge in [-0.05, 0) is 241 Å². The molecule has 144 heavy (non-hydrogen) atoms. The average Bonchev–Trinajstić information content (AvgIpc) is 1.65. The molecule has 16 atom stereocenters. The zero-order valence-corrected chi connectivity index (χ0v) is 93.3. The second kappa shape index (κ2) is 54.4. The Morgan fingerprint density at radius 3 is 0.639 bits per heavy atom. The Bertz CT molecular complexity index is 4480. The summed E-state index contributed by atoms with van der Waals surface area (Å²) in [5.74, 6) is -7.60. The molecule has 4 aliphatic heterocycles. The van der Waals surface area contributed by atoms with Gasteiger partial charge in [0.1, 0.15) is 71.6 Å². The maximum absolute atomic E-state index is 14.5. The van der Waals surface area contributed by atoms with E-state index in [2.05, 4.69) is 74.4 Å². The van der Waals surface area contributed by atoms with E-state index in [4.69, 9.17) is 15.2 Å². The third-order valence-corrected chi connectivity index (χ3v) is 24.0. The second-order valence-electron chi connectivity index (χ2n) is 45.5. The van der Waals surface area contributed by atoms with E-state index in [9.17, 15) is 86.3 Å². The first-order valence-electron chi connectivity index (χ1n) is 49.2. The monoisotopic (exact) mass is 2070 g/mol. The van der Waals surface area contributed by atoms with Crippen LogP contribution in [0.5, 0.6) is 0 Å². The summed E-state index contributed by atoms with van der Waals surface area (Å²) in [6.45, 7) is 56.3. The molecule has 4 saturated heterocycles. The molecular formula is C101H171Cl2N21O20. The molecule has 814 valence electrons. The first-order valence-corrected chi connectivity index (χ1v) is 49.2. The van der Waals surface area contributed by atoms with Gasteiger partial charge in [-0.3, -0.25) is 86.5 Å². The molecule has 4 fully saturated rings. The summed E-state index contributed by atoms with van der Waals surface area (Å²) in [5, 5.41) is 40.2. The van der Waals surface area contributed by atoms with Crippen molar-refractivity contribution < 1.29 is 95.8 Å². The number of ether oxygens (including phenoxy) is 2. The van der Waals surface area contributed by atoms with Crippen molar-refractivity contribution in [3.8, 4) is 0 Å². The molecule has 0 spiro atoms. The Kier molecular flexibility index (Phi) is 48.7. The highest BCUT2D eigenvalue weighted by Gasteiger charge is 2.52.